The lowest BCUT2D eigenvalue weighted by Crippen LogP contribution is -2.22. The molecule has 0 saturated heterocycles. The van der Waals surface area contributed by atoms with Gasteiger partial charge in [0.15, 0.2) is 0 Å². The lowest BCUT2D eigenvalue weighted by atomic mass is 10.2. The van der Waals surface area contributed by atoms with Crippen LogP contribution in [-0.4, -0.2) is 30.0 Å². The van der Waals surface area contributed by atoms with Crippen LogP contribution in [0.1, 0.15) is 52.9 Å². The molecule has 0 rings (SSSR count). The molecule has 5 heteroatoms. The summed E-state index contributed by atoms with van der Waals surface area (Å²) in [7, 11) is 0. The lowest BCUT2D eigenvalue weighted by Gasteiger charge is -2.16. The number of carbonyl (C=O) groups is 1. The van der Waals surface area contributed by atoms with Crippen molar-refractivity contribution in [3.63, 3.8) is 0 Å². The van der Waals surface area contributed by atoms with Gasteiger partial charge in [0, 0.05) is 6.42 Å². The summed E-state index contributed by atoms with van der Waals surface area (Å²) in [5.74, 6) is 0.922. The van der Waals surface area contributed by atoms with Crippen molar-refractivity contribution in [1.82, 2.24) is 0 Å². The van der Waals surface area contributed by atoms with Crippen LogP contribution in [0.25, 0.3) is 0 Å². The minimum Gasteiger partial charge on any atom is -0.465 e. The SMILES string of the molecule is CCCC(SCCCCC(F)F)C(=O)OCC(C)C. The standard InChI is InChI=1S/C14H26F2O2S/c1-4-7-12(14(17)18-10-11(2)3)19-9-6-5-8-13(15)16/h11-13H,4-10H2,1-3H3. The molecule has 0 saturated carbocycles. The molecule has 0 aliphatic heterocycles. The number of carbonyl (C=O) groups excluding carboxylic acids is 1. The number of hydrogen-bond donors (Lipinski definition) is 0. The van der Waals surface area contributed by atoms with Gasteiger partial charge in [0.05, 0.1) is 6.61 Å². The maximum atomic E-state index is 12.0. The molecule has 0 aliphatic rings. The largest absolute Gasteiger partial charge is 0.465 e. The molecular weight excluding hydrogens is 270 g/mol. The van der Waals surface area contributed by atoms with E-state index >= 15 is 0 Å². The molecule has 0 amide bonds. The van der Waals surface area contributed by atoms with Gasteiger partial charge in [-0.15, -0.1) is 11.8 Å². The average Bonchev–Trinajstić information content (AvgIpc) is 2.33. The van der Waals surface area contributed by atoms with Gasteiger partial charge in [0.2, 0.25) is 6.43 Å². The van der Waals surface area contributed by atoms with Crippen LogP contribution in [0.4, 0.5) is 8.78 Å². The first kappa shape index (κ1) is 18.7. The summed E-state index contributed by atoms with van der Waals surface area (Å²) in [6, 6.07) is 0. The maximum absolute atomic E-state index is 12.0. The molecule has 0 radical (unpaired) electrons. The fraction of sp³-hybridized carbons (Fsp3) is 0.929. The number of alkyl halides is 2. The van der Waals surface area contributed by atoms with Gasteiger partial charge < -0.3 is 4.74 Å². The van der Waals surface area contributed by atoms with E-state index in [9.17, 15) is 13.6 Å². The molecule has 1 unspecified atom stereocenters. The Morgan fingerprint density at radius 3 is 2.42 bits per heavy atom. The van der Waals surface area contributed by atoms with Crippen LogP contribution in [-0.2, 0) is 9.53 Å². The highest BCUT2D eigenvalue weighted by molar-refractivity contribution is 8.00. The van der Waals surface area contributed by atoms with Gasteiger partial charge in [-0.05, 0) is 30.9 Å². The Bertz CT molecular complexity index is 235. The van der Waals surface area contributed by atoms with Gasteiger partial charge in [0.1, 0.15) is 5.25 Å². The first-order chi connectivity index (χ1) is 8.97. The van der Waals surface area contributed by atoms with Crippen molar-refractivity contribution >= 4 is 17.7 Å². The van der Waals surface area contributed by atoms with Crippen LogP contribution >= 0.6 is 11.8 Å². The maximum Gasteiger partial charge on any atom is 0.319 e. The van der Waals surface area contributed by atoms with E-state index in [1.54, 1.807) is 0 Å². The van der Waals surface area contributed by atoms with Crippen molar-refractivity contribution in [1.29, 1.82) is 0 Å². The van der Waals surface area contributed by atoms with E-state index in [0.29, 0.717) is 18.9 Å². The Morgan fingerprint density at radius 1 is 1.21 bits per heavy atom. The molecule has 0 N–H and O–H groups in total. The zero-order chi connectivity index (χ0) is 14.7. The van der Waals surface area contributed by atoms with E-state index in [1.165, 1.54) is 11.8 Å². The number of rotatable bonds is 11. The zero-order valence-corrected chi connectivity index (χ0v) is 13.0. The second-order valence-electron chi connectivity index (χ2n) is 5.06. The minimum atomic E-state index is -2.22. The highest BCUT2D eigenvalue weighted by atomic mass is 32.2. The number of halogens is 2. The molecule has 0 aromatic heterocycles. The first-order valence-corrected chi connectivity index (χ1v) is 8.08. The van der Waals surface area contributed by atoms with Crippen LogP contribution in [0.3, 0.4) is 0 Å². The first-order valence-electron chi connectivity index (χ1n) is 7.03. The quantitative estimate of drug-likeness (QED) is 0.414. The van der Waals surface area contributed by atoms with Crippen molar-refractivity contribution in [2.75, 3.05) is 12.4 Å². The molecule has 0 fully saturated rings. The third-order valence-corrected chi connectivity index (χ3v) is 3.86. The Labute approximate surface area is 119 Å². The number of unbranched alkanes of at least 4 members (excludes halogenated alkanes) is 1. The fourth-order valence-corrected chi connectivity index (χ4v) is 2.76. The Hall–Kier alpha value is -0.320. The number of thioether (sulfide) groups is 1. The van der Waals surface area contributed by atoms with Crippen molar-refractivity contribution in [3.8, 4) is 0 Å². The van der Waals surface area contributed by atoms with E-state index in [4.69, 9.17) is 4.74 Å². The van der Waals surface area contributed by atoms with Crippen LogP contribution < -0.4 is 0 Å². The monoisotopic (exact) mass is 296 g/mol. The molecule has 0 spiro atoms. The third-order valence-electron chi connectivity index (χ3n) is 2.51. The Kier molecular flexibility index (Phi) is 11.3. The molecule has 114 valence electrons. The topological polar surface area (TPSA) is 26.3 Å². The van der Waals surface area contributed by atoms with E-state index < -0.39 is 6.43 Å². The van der Waals surface area contributed by atoms with Crippen LogP contribution in [0.5, 0.6) is 0 Å². The predicted octanol–water partition coefficient (Wildman–Crippen LogP) is 4.52. The summed E-state index contributed by atoms with van der Waals surface area (Å²) in [6.45, 7) is 6.48. The Balaban J connectivity index is 3.87. The van der Waals surface area contributed by atoms with E-state index in [0.717, 1.165) is 25.0 Å². The van der Waals surface area contributed by atoms with E-state index in [1.807, 2.05) is 20.8 Å². The van der Waals surface area contributed by atoms with Gasteiger partial charge in [-0.25, -0.2) is 8.78 Å². The molecule has 19 heavy (non-hydrogen) atoms. The number of hydrogen-bond acceptors (Lipinski definition) is 3. The third kappa shape index (κ3) is 11.2. The van der Waals surface area contributed by atoms with Crippen molar-refractivity contribution in [3.05, 3.63) is 0 Å². The van der Waals surface area contributed by atoms with Crippen molar-refractivity contribution in [2.45, 2.75) is 64.6 Å². The number of ether oxygens (including phenoxy) is 1. The van der Waals surface area contributed by atoms with Crippen LogP contribution in [0.15, 0.2) is 0 Å². The molecule has 2 nitrogen and oxygen atoms in total. The summed E-state index contributed by atoms with van der Waals surface area (Å²) in [5.41, 5.74) is 0. The van der Waals surface area contributed by atoms with Gasteiger partial charge in [-0.3, -0.25) is 4.79 Å². The second-order valence-corrected chi connectivity index (χ2v) is 6.37. The van der Waals surface area contributed by atoms with Crippen molar-refractivity contribution in [2.24, 2.45) is 5.92 Å². The molecule has 0 aromatic carbocycles. The summed E-state index contributed by atoms with van der Waals surface area (Å²) in [4.78, 5) is 11.8. The van der Waals surface area contributed by atoms with Gasteiger partial charge >= 0.3 is 5.97 Å². The Morgan fingerprint density at radius 2 is 1.89 bits per heavy atom. The summed E-state index contributed by atoms with van der Waals surface area (Å²) >= 11 is 1.54. The highest BCUT2D eigenvalue weighted by Crippen LogP contribution is 2.20. The lowest BCUT2D eigenvalue weighted by molar-refractivity contribution is -0.144. The molecule has 0 aromatic rings. The molecule has 0 aliphatic carbocycles. The molecular formula is C14H26F2O2S. The molecule has 0 bridgehead atoms. The zero-order valence-electron chi connectivity index (χ0n) is 12.2. The smallest absolute Gasteiger partial charge is 0.319 e. The molecule has 0 heterocycles. The van der Waals surface area contributed by atoms with Crippen LogP contribution in [0, 0.1) is 5.92 Å². The van der Waals surface area contributed by atoms with Crippen molar-refractivity contribution < 1.29 is 18.3 Å². The van der Waals surface area contributed by atoms with E-state index in [2.05, 4.69) is 0 Å². The molecule has 1 atom stereocenters. The average molecular weight is 296 g/mol. The van der Waals surface area contributed by atoms with E-state index in [-0.39, 0.29) is 17.6 Å². The van der Waals surface area contributed by atoms with Gasteiger partial charge in [-0.2, -0.15) is 0 Å². The van der Waals surface area contributed by atoms with Gasteiger partial charge in [-0.1, -0.05) is 27.2 Å². The highest BCUT2D eigenvalue weighted by Gasteiger charge is 2.19. The van der Waals surface area contributed by atoms with Gasteiger partial charge in [0.25, 0.3) is 0 Å². The fourth-order valence-electron chi connectivity index (χ4n) is 1.50. The summed E-state index contributed by atoms with van der Waals surface area (Å²) in [5, 5.41) is -0.143. The predicted molar refractivity (Wildman–Crippen MR) is 76.8 cm³/mol. The van der Waals surface area contributed by atoms with Crippen LogP contribution in [0.2, 0.25) is 0 Å². The summed E-state index contributed by atoms with van der Waals surface area (Å²) < 4.78 is 29.2. The second kappa shape index (κ2) is 11.5. The summed E-state index contributed by atoms with van der Waals surface area (Å²) in [6.07, 6.45) is 0.697. The number of esters is 1. The normalized spacial score (nSPS) is 13.0. The minimum absolute atomic E-state index is 0.0448.